The first-order valence-corrected chi connectivity index (χ1v) is 10.3. The molecule has 29 heavy (non-hydrogen) atoms. The van der Waals surface area contributed by atoms with Gasteiger partial charge in [-0.15, -0.1) is 0 Å². The van der Waals surface area contributed by atoms with Crippen LogP contribution in [0.15, 0.2) is 42.5 Å². The molecule has 0 bridgehead atoms. The van der Waals surface area contributed by atoms with E-state index in [2.05, 4.69) is 10.6 Å². The number of ether oxygens (including phenoxy) is 2. The number of amides is 1. The van der Waals surface area contributed by atoms with Crippen molar-refractivity contribution in [3.63, 3.8) is 0 Å². The first kappa shape index (κ1) is 23.0. The maximum Gasteiger partial charge on any atom is 0.258 e. The molecule has 0 aliphatic rings. The molecule has 6 heteroatoms. The Balaban J connectivity index is 1.87. The predicted octanol–water partition coefficient (Wildman–Crippen LogP) is 4.36. The monoisotopic (exact) mass is 418 g/mol. The van der Waals surface area contributed by atoms with E-state index >= 15 is 0 Å². The number of halogens is 1. The van der Waals surface area contributed by atoms with Crippen LogP contribution in [0.2, 0.25) is 5.02 Å². The predicted molar refractivity (Wildman–Crippen MR) is 118 cm³/mol. The fourth-order valence-corrected chi connectivity index (χ4v) is 2.89. The quantitative estimate of drug-likeness (QED) is 0.562. The average molecular weight is 419 g/mol. The molecule has 0 saturated heterocycles. The van der Waals surface area contributed by atoms with Gasteiger partial charge < -0.3 is 20.1 Å². The number of carbonyl (C=O) groups excluding carboxylic acids is 1. The number of nitrogens with one attached hydrogen (secondary N) is 2. The summed E-state index contributed by atoms with van der Waals surface area (Å²) in [6, 6.07) is 13.7. The van der Waals surface area contributed by atoms with Crippen molar-refractivity contribution in [3.05, 3.63) is 58.6 Å². The van der Waals surface area contributed by atoms with Gasteiger partial charge in [-0.3, -0.25) is 4.79 Å². The molecule has 0 aliphatic heterocycles. The smallest absolute Gasteiger partial charge is 0.258 e. The SMILES string of the molecule is CCOc1cc(CNCCc2ccc(Cl)cc2)ccc1OCC(=O)NC(C)(C)C. The van der Waals surface area contributed by atoms with Gasteiger partial charge in [0.05, 0.1) is 6.61 Å². The summed E-state index contributed by atoms with van der Waals surface area (Å²) in [5, 5.41) is 7.07. The van der Waals surface area contributed by atoms with Gasteiger partial charge in [0.25, 0.3) is 5.91 Å². The van der Waals surface area contributed by atoms with Crippen LogP contribution < -0.4 is 20.1 Å². The second-order valence-electron chi connectivity index (χ2n) is 7.85. The van der Waals surface area contributed by atoms with E-state index < -0.39 is 0 Å². The van der Waals surface area contributed by atoms with E-state index in [0.29, 0.717) is 18.1 Å². The molecule has 0 unspecified atom stereocenters. The van der Waals surface area contributed by atoms with Crippen LogP contribution in [0.3, 0.4) is 0 Å². The van der Waals surface area contributed by atoms with Crippen molar-refractivity contribution in [2.24, 2.45) is 0 Å². The molecule has 0 atom stereocenters. The Hall–Kier alpha value is -2.24. The summed E-state index contributed by atoms with van der Waals surface area (Å²) in [5.41, 5.74) is 2.05. The Morgan fingerprint density at radius 3 is 2.34 bits per heavy atom. The van der Waals surface area contributed by atoms with E-state index in [1.165, 1.54) is 5.56 Å². The van der Waals surface area contributed by atoms with E-state index in [0.717, 1.165) is 30.1 Å². The molecule has 0 saturated carbocycles. The van der Waals surface area contributed by atoms with Gasteiger partial charge in [-0.1, -0.05) is 29.8 Å². The van der Waals surface area contributed by atoms with E-state index in [-0.39, 0.29) is 18.1 Å². The molecule has 0 aromatic heterocycles. The van der Waals surface area contributed by atoms with Gasteiger partial charge in [0.2, 0.25) is 0 Å². The average Bonchev–Trinajstić information content (AvgIpc) is 2.65. The minimum atomic E-state index is -0.287. The van der Waals surface area contributed by atoms with Gasteiger partial charge in [-0.25, -0.2) is 0 Å². The summed E-state index contributed by atoms with van der Waals surface area (Å²) < 4.78 is 11.4. The lowest BCUT2D eigenvalue weighted by atomic mass is 10.1. The van der Waals surface area contributed by atoms with Gasteiger partial charge in [0, 0.05) is 17.1 Å². The van der Waals surface area contributed by atoms with Crippen LogP contribution in [-0.2, 0) is 17.8 Å². The van der Waals surface area contributed by atoms with E-state index in [1.54, 1.807) is 0 Å². The Labute approximate surface area is 178 Å². The minimum Gasteiger partial charge on any atom is -0.490 e. The van der Waals surface area contributed by atoms with Crippen molar-refractivity contribution >= 4 is 17.5 Å². The zero-order chi connectivity index (χ0) is 21.3. The Kier molecular flexibility index (Phi) is 8.80. The van der Waals surface area contributed by atoms with Gasteiger partial charge >= 0.3 is 0 Å². The number of rotatable bonds is 10. The molecular weight excluding hydrogens is 388 g/mol. The molecule has 158 valence electrons. The molecule has 0 spiro atoms. The zero-order valence-corrected chi connectivity index (χ0v) is 18.4. The normalized spacial score (nSPS) is 11.2. The highest BCUT2D eigenvalue weighted by molar-refractivity contribution is 6.30. The largest absolute Gasteiger partial charge is 0.490 e. The van der Waals surface area contributed by atoms with E-state index in [1.807, 2.05) is 70.2 Å². The van der Waals surface area contributed by atoms with Crippen molar-refractivity contribution in [2.45, 2.75) is 46.2 Å². The fourth-order valence-electron chi connectivity index (χ4n) is 2.76. The van der Waals surface area contributed by atoms with Crippen molar-refractivity contribution in [1.82, 2.24) is 10.6 Å². The lowest BCUT2D eigenvalue weighted by molar-refractivity contribution is -0.124. The van der Waals surface area contributed by atoms with Crippen molar-refractivity contribution in [3.8, 4) is 11.5 Å². The molecule has 1 amide bonds. The van der Waals surface area contributed by atoms with Gasteiger partial charge in [-0.2, -0.15) is 0 Å². The summed E-state index contributed by atoms with van der Waals surface area (Å²) in [4.78, 5) is 12.0. The second-order valence-corrected chi connectivity index (χ2v) is 8.29. The number of hydrogen-bond donors (Lipinski definition) is 2. The summed E-state index contributed by atoms with van der Waals surface area (Å²) in [6.07, 6.45) is 0.930. The van der Waals surface area contributed by atoms with Gasteiger partial charge in [0.1, 0.15) is 0 Å². The molecule has 0 heterocycles. The Morgan fingerprint density at radius 1 is 1.00 bits per heavy atom. The highest BCUT2D eigenvalue weighted by Gasteiger charge is 2.15. The molecule has 2 aromatic carbocycles. The van der Waals surface area contributed by atoms with Crippen molar-refractivity contribution < 1.29 is 14.3 Å². The lowest BCUT2D eigenvalue weighted by Crippen LogP contribution is -2.43. The van der Waals surface area contributed by atoms with Crippen molar-refractivity contribution in [2.75, 3.05) is 19.8 Å². The zero-order valence-electron chi connectivity index (χ0n) is 17.7. The third-order valence-corrected chi connectivity index (χ3v) is 4.27. The third-order valence-electron chi connectivity index (χ3n) is 4.01. The van der Waals surface area contributed by atoms with E-state index in [9.17, 15) is 4.79 Å². The first-order valence-electron chi connectivity index (χ1n) is 9.91. The van der Waals surface area contributed by atoms with Crippen LogP contribution in [0, 0.1) is 0 Å². The molecule has 5 nitrogen and oxygen atoms in total. The van der Waals surface area contributed by atoms with Crippen LogP contribution in [-0.4, -0.2) is 31.2 Å². The third kappa shape index (κ3) is 8.75. The Bertz CT molecular complexity index is 786. The van der Waals surface area contributed by atoms with E-state index in [4.69, 9.17) is 21.1 Å². The standard InChI is InChI=1S/C23H31ClN2O3/c1-5-28-21-14-18(15-25-13-12-17-6-9-19(24)10-7-17)8-11-20(21)29-16-22(27)26-23(2,3)4/h6-11,14,25H,5,12-13,15-16H2,1-4H3,(H,26,27). The number of hydrogen-bond acceptors (Lipinski definition) is 4. The summed E-state index contributed by atoms with van der Waals surface area (Å²) >= 11 is 5.91. The molecule has 0 radical (unpaired) electrons. The van der Waals surface area contributed by atoms with Crippen LogP contribution in [0.4, 0.5) is 0 Å². The second kappa shape index (κ2) is 11.1. The Morgan fingerprint density at radius 2 is 1.69 bits per heavy atom. The maximum atomic E-state index is 12.0. The van der Waals surface area contributed by atoms with Crippen molar-refractivity contribution in [1.29, 1.82) is 0 Å². The topological polar surface area (TPSA) is 59.6 Å². The van der Waals surface area contributed by atoms with Crippen LogP contribution in [0.1, 0.15) is 38.8 Å². The summed E-state index contributed by atoms with van der Waals surface area (Å²) in [6.45, 7) is 9.79. The highest BCUT2D eigenvalue weighted by atomic mass is 35.5. The molecular formula is C23H31ClN2O3. The van der Waals surface area contributed by atoms with Gasteiger partial charge in [-0.05, 0) is 76.1 Å². The van der Waals surface area contributed by atoms with Crippen LogP contribution in [0.25, 0.3) is 0 Å². The minimum absolute atomic E-state index is 0.0456. The lowest BCUT2D eigenvalue weighted by Gasteiger charge is -2.21. The van der Waals surface area contributed by atoms with Crippen LogP contribution >= 0.6 is 11.6 Å². The number of benzene rings is 2. The molecule has 2 N–H and O–H groups in total. The number of carbonyl (C=O) groups is 1. The molecule has 2 aromatic rings. The summed E-state index contributed by atoms with van der Waals surface area (Å²) in [7, 11) is 0. The molecule has 2 rings (SSSR count). The highest BCUT2D eigenvalue weighted by Crippen LogP contribution is 2.28. The maximum absolute atomic E-state index is 12.0. The molecule has 0 aliphatic carbocycles. The summed E-state index contributed by atoms with van der Waals surface area (Å²) in [5.74, 6) is 1.06. The first-order chi connectivity index (χ1) is 13.8. The van der Waals surface area contributed by atoms with Gasteiger partial charge in [0.15, 0.2) is 18.1 Å². The molecule has 0 fully saturated rings. The van der Waals surface area contributed by atoms with Crippen LogP contribution in [0.5, 0.6) is 11.5 Å². The fraction of sp³-hybridized carbons (Fsp3) is 0.435.